The zero-order chi connectivity index (χ0) is 21.6. The quantitative estimate of drug-likeness (QED) is 0.359. The van der Waals surface area contributed by atoms with Crippen LogP contribution in [0.25, 0.3) is 0 Å². The van der Waals surface area contributed by atoms with Gasteiger partial charge in [0.1, 0.15) is 23.8 Å². The van der Waals surface area contributed by atoms with E-state index in [9.17, 15) is 24.0 Å². The highest BCUT2D eigenvalue weighted by Gasteiger charge is 2.10. The molecule has 1 aromatic carbocycles. The van der Waals surface area contributed by atoms with Gasteiger partial charge >= 0.3 is 0 Å². The van der Waals surface area contributed by atoms with Crippen LogP contribution in [-0.2, 0) is 35.1 Å². The predicted molar refractivity (Wildman–Crippen MR) is 107 cm³/mol. The van der Waals surface area contributed by atoms with E-state index in [0.29, 0.717) is 31.7 Å². The van der Waals surface area contributed by atoms with Crippen molar-refractivity contribution in [2.45, 2.75) is 46.0 Å². The van der Waals surface area contributed by atoms with Gasteiger partial charge in [-0.05, 0) is 38.0 Å². The van der Waals surface area contributed by atoms with Gasteiger partial charge in [-0.15, -0.1) is 0 Å². The molecule has 2 amide bonds. The lowest BCUT2D eigenvalue weighted by atomic mass is 10.1. The monoisotopic (exact) mass is 404 g/mol. The van der Waals surface area contributed by atoms with Crippen LogP contribution in [0.15, 0.2) is 24.3 Å². The van der Waals surface area contributed by atoms with Crippen LogP contribution in [0.2, 0.25) is 0 Å². The summed E-state index contributed by atoms with van der Waals surface area (Å²) in [7, 11) is 0. The van der Waals surface area contributed by atoms with Gasteiger partial charge in [0.25, 0.3) is 0 Å². The second kappa shape index (κ2) is 13.3. The maximum atomic E-state index is 11.9. The SMILES string of the molecule is CC(=O)CCCOCCNC(=O)CC(=O)Nc1ccc(CC(=O)CC(C)=O)cc1. The van der Waals surface area contributed by atoms with Crippen molar-refractivity contribution < 1.29 is 28.7 Å². The summed E-state index contributed by atoms with van der Waals surface area (Å²) in [4.78, 5) is 57.0. The molecule has 0 aliphatic heterocycles. The standard InChI is InChI=1S/C21H28N2O6/c1-15(24)4-3-10-29-11-9-22-20(27)14-21(28)23-18-7-5-17(6-8-18)13-19(26)12-16(2)25/h5-8H,3-4,9-14H2,1-2H3,(H,22,27)(H,23,28). The number of hydrogen-bond acceptors (Lipinski definition) is 6. The van der Waals surface area contributed by atoms with Crippen molar-refractivity contribution in [2.24, 2.45) is 0 Å². The smallest absolute Gasteiger partial charge is 0.233 e. The van der Waals surface area contributed by atoms with Gasteiger partial charge in [0.2, 0.25) is 11.8 Å². The third-order valence-electron chi connectivity index (χ3n) is 3.79. The van der Waals surface area contributed by atoms with E-state index in [1.165, 1.54) is 13.8 Å². The Morgan fingerprint density at radius 1 is 0.862 bits per heavy atom. The molecule has 1 aromatic rings. The summed E-state index contributed by atoms with van der Waals surface area (Å²) in [6, 6.07) is 6.66. The number of nitrogens with one attached hydrogen (secondary N) is 2. The van der Waals surface area contributed by atoms with Crippen LogP contribution < -0.4 is 10.6 Å². The first kappa shape index (κ1) is 24.2. The van der Waals surface area contributed by atoms with Gasteiger partial charge < -0.3 is 20.2 Å². The largest absolute Gasteiger partial charge is 0.380 e. The van der Waals surface area contributed by atoms with Crippen molar-refractivity contribution in [1.29, 1.82) is 0 Å². The molecule has 0 aliphatic rings. The second-order valence-electron chi connectivity index (χ2n) is 6.78. The van der Waals surface area contributed by atoms with Crippen LogP contribution in [0.3, 0.4) is 0 Å². The Bertz CT molecular complexity index is 727. The molecular weight excluding hydrogens is 376 g/mol. The molecule has 0 spiro atoms. The molecule has 8 heteroatoms. The minimum absolute atomic E-state index is 0.0863. The molecule has 0 atom stereocenters. The van der Waals surface area contributed by atoms with Crippen LogP contribution in [0.4, 0.5) is 5.69 Å². The fourth-order valence-corrected chi connectivity index (χ4v) is 2.48. The van der Waals surface area contributed by atoms with Gasteiger partial charge in [0.15, 0.2) is 0 Å². The number of anilines is 1. The first-order valence-electron chi connectivity index (χ1n) is 9.50. The lowest BCUT2D eigenvalue weighted by molar-refractivity contribution is -0.128. The zero-order valence-corrected chi connectivity index (χ0v) is 16.9. The lowest BCUT2D eigenvalue weighted by Crippen LogP contribution is -2.30. The molecule has 0 aromatic heterocycles. The summed E-state index contributed by atoms with van der Waals surface area (Å²) in [6.45, 7) is 3.95. The third-order valence-corrected chi connectivity index (χ3v) is 3.79. The summed E-state index contributed by atoms with van der Waals surface area (Å²) in [5.41, 5.74) is 1.26. The Morgan fingerprint density at radius 3 is 2.17 bits per heavy atom. The maximum Gasteiger partial charge on any atom is 0.233 e. The lowest BCUT2D eigenvalue weighted by Gasteiger charge is -2.08. The number of hydrogen-bond donors (Lipinski definition) is 2. The molecule has 158 valence electrons. The summed E-state index contributed by atoms with van der Waals surface area (Å²) in [6.07, 6.45) is 0.880. The molecule has 0 bridgehead atoms. The molecule has 1 rings (SSSR count). The number of carbonyl (C=O) groups excluding carboxylic acids is 5. The van der Waals surface area contributed by atoms with Gasteiger partial charge in [-0.2, -0.15) is 0 Å². The van der Waals surface area contributed by atoms with Crippen LogP contribution >= 0.6 is 0 Å². The first-order chi connectivity index (χ1) is 13.8. The highest BCUT2D eigenvalue weighted by molar-refractivity contribution is 6.03. The molecule has 0 heterocycles. The number of Topliss-reactive ketones (excluding diaryl/α,β-unsaturated/α-hetero) is 3. The Balaban J connectivity index is 2.24. The number of carbonyl (C=O) groups is 5. The summed E-state index contributed by atoms with van der Waals surface area (Å²) >= 11 is 0. The van der Waals surface area contributed by atoms with Crippen LogP contribution in [0.1, 0.15) is 45.1 Å². The average Bonchev–Trinajstić information content (AvgIpc) is 2.61. The number of benzene rings is 1. The van der Waals surface area contributed by atoms with Crippen molar-refractivity contribution in [3.05, 3.63) is 29.8 Å². The highest BCUT2D eigenvalue weighted by atomic mass is 16.5. The second-order valence-corrected chi connectivity index (χ2v) is 6.78. The zero-order valence-electron chi connectivity index (χ0n) is 16.9. The van der Waals surface area contributed by atoms with E-state index in [1.54, 1.807) is 24.3 Å². The Morgan fingerprint density at radius 2 is 1.55 bits per heavy atom. The number of rotatable bonds is 14. The van der Waals surface area contributed by atoms with Crippen molar-refractivity contribution >= 4 is 34.9 Å². The predicted octanol–water partition coefficient (Wildman–Crippen LogP) is 1.61. The maximum absolute atomic E-state index is 11.9. The van der Waals surface area contributed by atoms with E-state index >= 15 is 0 Å². The average molecular weight is 404 g/mol. The molecule has 0 fully saturated rings. The van der Waals surface area contributed by atoms with E-state index in [-0.39, 0.29) is 43.2 Å². The summed E-state index contributed by atoms with van der Waals surface area (Å²) in [5.74, 6) is -1.08. The van der Waals surface area contributed by atoms with Gasteiger partial charge in [0, 0.05) is 31.7 Å². The van der Waals surface area contributed by atoms with E-state index in [1.807, 2.05) is 0 Å². The third kappa shape index (κ3) is 12.2. The van der Waals surface area contributed by atoms with E-state index in [2.05, 4.69) is 10.6 Å². The fraction of sp³-hybridized carbons (Fsp3) is 0.476. The molecule has 0 aliphatic carbocycles. The number of ketones is 3. The Hall–Kier alpha value is -2.87. The van der Waals surface area contributed by atoms with Crippen molar-refractivity contribution in [3.8, 4) is 0 Å². The molecule has 8 nitrogen and oxygen atoms in total. The first-order valence-corrected chi connectivity index (χ1v) is 9.50. The van der Waals surface area contributed by atoms with Crippen LogP contribution in [0.5, 0.6) is 0 Å². The van der Waals surface area contributed by atoms with Gasteiger partial charge in [-0.1, -0.05) is 12.1 Å². The fourth-order valence-electron chi connectivity index (χ4n) is 2.48. The molecule has 2 N–H and O–H groups in total. The molecule has 0 saturated carbocycles. The topological polar surface area (TPSA) is 119 Å². The molecular formula is C21H28N2O6. The van der Waals surface area contributed by atoms with Crippen LogP contribution in [-0.4, -0.2) is 48.9 Å². The summed E-state index contributed by atoms with van der Waals surface area (Å²) < 4.78 is 5.28. The molecule has 29 heavy (non-hydrogen) atoms. The van der Waals surface area contributed by atoms with Crippen molar-refractivity contribution in [1.82, 2.24) is 5.32 Å². The number of ether oxygens (including phenoxy) is 1. The minimum Gasteiger partial charge on any atom is -0.380 e. The molecule has 0 unspecified atom stereocenters. The Labute approximate surface area is 170 Å². The van der Waals surface area contributed by atoms with E-state index < -0.39 is 11.8 Å². The van der Waals surface area contributed by atoms with Gasteiger partial charge in [-0.3, -0.25) is 19.2 Å². The van der Waals surface area contributed by atoms with Gasteiger partial charge in [-0.25, -0.2) is 0 Å². The minimum atomic E-state index is -0.453. The van der Waals surface area contributed by atoms with E-state index in [4.69, 9.17) is 4.74 Å². The normalized spacial score (nSPS) is 10.3. The van der Waals surface area contributed by atoms with Crippen molar-refractivity contribution in [3.63, 3.8) is 0 Å². The Kier molecular flexibility index (Phi) is 11.1. The highest BCUT2D eigenvalue weighted by Crippen LogP contribution is 2.11. The van der Waals surface area contributed by atoms with Gasteiger partial charge in [0.05, 0.1) is 13.0 Å². The van der Waals surface area contributed by atoms with Crippen molar-refractivity contribution in [2.75, 3.05) is 25.1 Å². The molecule has 0 radical (unpaired) electrons. The summed E-state index contributed by atoms with van der Waals surface area (Å²) in [5, 5.41) is 5.20. The molecule has 0 saturated heterocycles. The number of amides is 2. The van der Waals surface area contributed by atoms with Crippen LogP contribution in [0, 0.1) is 0 Å². The van der Waals surface area contributed by atoms with E-state index in [0.717, 1.165) is 5.56 Å².